The van der Waals surface area contributed by atoms with Crippen molar-refractivity contribution in [2.75, 3.05) is 14.1 Å². The molecule has 1 saturated carbocycles. The molecule has 0 saturated heterocycles. The number of rotatable bonds is 1. The molecule has 0 aromatic heterocycles. The van der Waals surface area contributed by atoms with Crippen LogP contribution in [-0.2, 0) is 0 Å². The van der Waals surface area contributed by atoms with Gasteiger partial charge >= 0.3 is 0 Å². The Labute approximate surface area is 64.6 Å². The molecule has 48 valence electrons. The van der Waals surface area contributed by atoms with Gasteiger partial charge in [0.15, 0.2) is 0 Å². The molecule has 0 aliphatic heterocycles. The fraction of sp³-hybridized carbons (Fsp3) is 1.00. The van der Waals surface area contributed by atoms with Crippen molar-refractivity contribution in [1.82, 2.24) is 4.90 Å². The highest BCUT2D eigenvalue weighted by molar-refractivity contribution is 14.1. The van der Waals surface area contributed by atoms with Gasteiger partial charge in [-0.3, -0.25) is 0 Å². The molecule has 0 aromatic carbocycles. The van der Waals surface area contributed by atoms with E-state index in [1.807, 2.05) is 0 Å². The summed E-state index contributed by atoms with van der Waals surface area (Å²) in [7, 11) is 4.32. The third kappa shape index (κ3) is 1.35. The van der Waals surface area contributed by atoms with Crippen molar-refractivity contribution in [3.63, 3.8) is 0 Å². The Morgan fingerprint density at radius 1 is 1.38 bits per heavy atom. The van der Waals surface area contributed by atoms with E-state index in [9.17, 15) is 0 Å². The minimum atomic E-state index is 0.886. The van der Waals surface area contributed by atoms with Crippen LogP contribution in [0.5, 0.6) is 0 Å². The van der Waals surface area contributed by atoms with Crippen LogP contribution < -0.4 is 0 Å². The lowest BCUT2D eigenvalue weighted by Crippen LogP contribution is -2.40. The smallest absolute Gasteiger partial charge is 0.0139 e. The number of hydrogen-bond donors (Lipinski definition) is 0. The van der Waals surface area contributed by atoms with Gasteiger partial charge in [0.05, 0.1) is 0 Å². The molecule has 0 radical (unpaired) electrons. The normalized spacial score (nSPS) is 37.5. The zero-order valence-corrected chi connectivity index (χ0v) is 7.55. The highest BCUT2D eigenvalue weighted by Gasteiger charge is 2.27. The number of halogens is 1. The van der Waals surface area contributed by atoms with Crippen LogP contribution in [0.1, 0.15) is 12.8 Å². The number of nitrogens with zero attached hydrogens (tertiary/aromatic N) is 1. The van der Waals surface area contributed by atoms with Gasteiger partial charge in [-0.25, -0.2) is 0 Å². The van der Waals surface area contributed by atoms with Gasteiger partial charge in [-0.2, -0.15) is 0 Å². The molecule has 0 N–H and O–H groups in total. The summed E-state index contributed by atoms with van der Waals surface area (Å²) in [6.07, 6.45) is 2.79. The highest BCUT2D eigenvalue weighted by atomic mass is 127. The zero-order valence-electron chi connectivity index (χ0n) is 5.39. The first-order valence-electron chi connectivity index (χ1n) is 3.00. The summed E-state index contributed by atoms with van der Waals surface area (Å²) < 4.78 is 0.958. The molecule has 1 nitrogen and oxygen atoms in total. The lowest BCUT2D eigenvalue weighted by atomic mass is 9.92. The SMILES string of the molecule is CN(C)C1CC(I)C1. The molecule has 1 aliphatic carbocycles. The molecule has 1 fully saturated rings. The molecular formula is C6H12IN. The first kappa shape index (κ1) is 6.81. The monoisotopic (exact) mass is 225 g/mol. The van der Waals surface area contributed by atoms with Crippen molar-refractivity contribution in [1.29, 1.82) is 0 Å². The van der Waals surface area contributed by atoms with Crippen molar-refractivity contribution < 1.29 is 0 Å². The van der Waals surface area contributed by atoms with Gasteiger partial charge in [-0.1, -0.05) is 22.6 Å². The Bertz CT molecular complexity index is 76.6. The van der Waals surface area contributed by atoms with Crippen LogP contribution in [0.15, 0.2) is 0 Å². The third-order valence-corrected chi connectivity index (χ3v) is 2.80. The van der Waals surface area contributed by atoms with Crippen LogP contribution in [-0.4, -0.2) is 29.0 Å². The van der Waals surface area contributed by atoms with Crippen molar-refractivity contribution in [2.45, 2.75) is 22.8 Å². The maximum Gasteiger partial charge on any atom is 0.0139 e. The predicted molar refractivity (Wildman–Crippen MR) is 44.5 cm³/mol. The van der Waals surface area contributed by atoms with E-state index in [1.54, 1.807) is 0 Å². The Morgan fingerprint density at radius 2 is 1.88 bits per heavy atom. The van der Waals surface area contributed by atoms with Crippen molar-refractivity contribution >= 4 is 22.6 Å². The summed E-state index contributed by atoms with van der Waals surface area (Å²) in [5.41, 5.74) is 0. The van der Waals surface area contributed by atoms with Gasteiger partial charge in [0.1, 0.15) is 0 Å². The molecule has 8 heavy (non-hydrogen) atoms. The van der Waals surface area contributed by atoms with E-state index in [4.69, 9.17) is 0 Å². The number of hydrogen-bond acceptors (Lipinski definition) is 1. The minimum Gasteiger partial charge on any atom is -0.306 e. The van der Waals surface area contributed by atoms with Crippen LogP contribution in [0.2, 0.25) is 0 Å². The van der Waals surface area contributed by atoms with Gasteiger partial charge in [0, 0.05) is 9.97 Å². The minimum absolute atomic E-state index is 0.886. The Hall–Kier alpha value is 0.690. The van der Waals surface area contributed by atoms with Gasteiger partial charge in [0.2, 0.25) is 0 Å². The molecule has 1 rings (SSSR count). The second-order valence-corrected chi connectivity index (χ2v) is 4.45. The fourth-order valence-corrected chi connectivity index (χ4v) is 2.12. The first-order valence-corrected chi connectivity index (χ1v) is 4.25. The van der Waals surface area contributed by atoms with Gasteiger partial charge in [-0.15, -0.1) is 0 Å². The van der Waals surface area contributed by atoms with Gasteiger partial charge in [-0.05, 0) is 26.9 Å². The van der Waals surface area contributed by atoms with E-state index in [1.165, 1.54) is 12.8 Å². The van der Waals surface area contributed by atoms with Crippen LogP contribution in [0.4, 0.5) is 0 Å². The highest BCUT2D eigenvalue weighted by Crippen LogP contribution is 2.30. The van der Waals surface area contributed by atoms with Gasteiger partial charge < -0.3 is 4.90 Å². The Kier molecular flexibility index (Phi) is 2.14. The topological polar surface area (TPSA) is 3.24 Å². The van der Waals surface area contributed by atoms with Gasteiger partial charge in [0.25, 0.3) is 0 Å². The summed E-state index contributed by atoms with van der Waals surface area (Å²) in [5, 5.41) is 0. The van der Waals surface area contributed by atoms with E-state index < -0.39 is 0 Å². The first-order chi connectivity index (χ1) is 3.70. The molecule has 0 bridgehead atoms. The van der Waals surface area contributed by atoms with Crippen molar-refractivity contribution in [2.24, 2.45) is 0 Å². The lowest BCUT2D eigenvalue weighted by Gasteiger charge is -2.36. The predicted octanol–water partition coefficient (Wildman–Crippen LogP) is 1.51. The van der Waals surface area contributed by atoms with E-state index in [2.05, 4.69) is 41.6 Å². The van der Waals surface area contributed by atoms with E-state index in [0.717, 1.165) is 9.97 Å². The largest absolute Gasteiger partial charge is 0.306 e. The van der Waals surface area contributed by atoms with Crippen molar-refractivity contribution in [3.8, 4) is 0 Å². The van der Waals surface area contributed by atoms with Crippen LogP contribution >= 0.6 is 22.6 Å². The van der Waals surface area contributed by atoms with Crippen LogP contribution in [0.3, 0.4) is 0 Å². The second kappa shape index (κ2) is 2.52. The molecule has 2 heteroatoms. The Morgan fingerprint density at radius 3 is 2.00 bits per heavy atom. The maximum atomic E-state index is 2.52. The standard InChI is InChI=1S/C6H12IN/c1-8(2)6-3-5(7)4-6/h5-6H,3-4H2,1-2H3. The third-order valence-electron chi connectivity index (χ3n) is 1.79. The summed E-state index contributed by atoms with van der Waals surface area (Å²) in [5.74, 6) is 0. The molecule has 0 heterocycles. The quantitative estimate of drug-likeness (QED) is 0.483. The molecule has 0 unspecified atom stereocenters. The summed E-state index contributed by atoms with van der Waals surface area (Å²) in [6.45, 7) is 0. The fourth-order valence-electron chi connectivity index (χ4n) is 0.943. The molecule has 0 atom stereocenters. The Balaban J connectivity index is 2.15. The maximum absolute atomic E-state index is 2.52. The molecular weight excluding hydrogens is 213 g/mol. The van der Waals surface area contributed by atoms with E-state index in [-0.39, 0.29) is 0 Å². The average molecular weight is 225 g/mol. The van der Waals surface area contributed by atoms with E-state index in [0.29, 0.717) is 0 Å². The summed E-state index contributed by atoms with van der Waals surface area (Å²) >= 11 is 2.52. The zero-order chi connectivity index (χ0) is 6.15. The van der Waals surface area contributed by atoms with E-state index >= 15 is 0 Å². The molecule has 1 aliphatic rings. The second-order valence-electron chi connectivity index (χ2n) is 2.69. The molecule has 0 amide bonds. The average Bonchev–Trinajstić information content (AvgIpc) is 1.57. The molecule has 0 aromatic rings. The lowest BCUT2D eigenvalue weighted by molar-refractivity contribution is 0.206. The molecule has 0 spiro atoms. The number of alkyl halides is 1. The van der Waals surface area contributed by atoms with Crippen LogP contribution in [0.25, 0.3) is 0 Å². The summed E-state index contributed by atoms with van der Waals surface area (Å²) in [4.78, 5) is 2.31. The summed E-state index contributed by atoms with van der Waals surface area (Å²) in [6, 6.07) is 0.886. The van der Waals surface area contributed by atoms with Crippen LogP contribution in [0, 0.1) is 0 Å². The van der Waals surface area contributed by atoms with Crippen molar-refractivity contribution in [3.05, 3.63) is 0 Å².